The average Bonchev–Trinajstić information content (AvgIpc) is 1.54. The van der Waals surface area contributed by atoms with Crippen LogP contribution in [0.3, 0.4) is 0 Å². The monoisotopic (exact) mass is 1760 g/mol. The molecule has 17 heterocycles. The van der Waals surface area contributed by atoms with E-state index >= 15 is 0 Å². The van der Waals surface area contributed by atoms with Gasteiger partial charge in [0, 0.05) is 67.7 Å². The number of aromatic nitrogens is 9. The molecule has 0 amide bonds. The Kier molecular flexibility index (Phi) is 20.7. The van der Waals surface area contributed by atoms with Crippen LogP contribution in [0.15, 0.2) is 278 Å². The molecule has 17 aromatic heterocycles. The van der Waals surface area contributed by atoms with E-state index in [9.17, 15) is 0 Å². The predicted octanol–water partition coefficient (Wildman–Crippen LogP) is 31.3. The zero-order chi connectivity index (χ0) is 91.9. The van der Waals surface area contributed by atoms with Crippen molar-refractivity contribution in [1.29, 1.82) is 0 Å². The van der Waals surface area contributed by atoms with E-state index < -0.39 is 0 Å². The number of fused-ring (bicyclic) bond motifs is 6. The van der Waals surface area contributed by atoms with Crippen molar-refractivity contribution in [2.75, 3.05) is 0 Å². The highest BCUT2D eigenvalue weighted by Crippen LogP contribution is 2.62. The highest BCUT2D eigenvalue weighted by molar-refractivity contribution is 6.22. The topological polar surface area (TPSA) is 213 Å². The summed E-state index contributed by atoms with van der Waals surface area (Å²) in [5, 5.41) is 2.09. The number of furan rings is 8. The third-order valence-electron chi connectivity index (χ3n) is 26.9. The van der Waals surface area contributed by atoms with Crippen molar-refractivity contribution in [2.45, 2.75) is 143 Å². The van der Waals surface area contributed by atoms with Gasteiger partial charge in [0.05, 0.1) is 56.6 Å². The maximum atomic E-state index is 6.50. The van der Waals surface area contributed by atoms with Gasteiger partial charge in [0.15, 0.2) is 46.1 Å². The molecule has 0 bridgehead atoms. The molecule has 0 atom stereocenters. The number of unbranched alkanes of at least 4 members (excludes halogenated alkanes) is 1. The van der Waals surface area contributed by atoms with Crippen LogP contribution in [-0.2, 0) is 6.54 Å². The van der Waals surface area contributed by atoms with Gasteiger partial charge in [-0.3, -0.25) is 0 Å². The van der Waals surface area contributed by atoms with E-state index in [1.807, 2.05) is 201 Å². The van der Waals surface area contributed by atoms with Crippen molar-refractivity contribution in [1.82, 2.24) is 44.4 Å². The molecule has 17 nitrogen and oxygen atoms in total. The lowest BCUT2D eigenvalue weighted by Gasteiger charge is -2.25. The lowest BCUT2D eigenvalue weighted by atomic mass is 9.80. The molecule has 21 aromatic rings. The Bertz CT molecular complexity index is 7850. The first-order chi connectivity index (χ1) is 65.0. The van der Waals surface area contributed by atoms with Gasteiger partial charge < -0.3 is 39.9 Å². The number of hydrogen-bond acceptors (Lipinski definition) is 16. The Balaban J connectivity index is 0.826. The largest absolute Gasteiger partial charge is 0.460 e. The van der Waals surface area contributed by atoms with E-state index in [1.54, 1.807) is 0 Å². The summed E-state index contributed by atoms with van der Waals surface area (Å²) in [6, 6.07) is 82.3. The SMILES string of the molecule is Cc1ccc(-c2cccc(-c3c(C)c(-c4cccc(-c5ccc(C)o5)n4)c4c(c3C)-c3c(C)c(-c5cccc(-c6ccc(C)o6)n5)c(C)c(-c5cccc(-c6ccc(C)o6)n5)c3C4CCCCn3c4c(-c5cccc(-c6ccc(C)o6)n5)c(C)c(-c5cccc(-c6ccc(C)o6)n5)c(C)c4c4c(C)c(-c5cccc(-c6ccc(C)o6)n5)c(C)c(-c5cccc(-c6ccc(C)o6)n5)c43)n2)o1. The smallest absolute Gasteiger partial charge is 0.152 e. The number of aryl methyl sites for hydroxylation is 11. The van der Waals surface area contributed by atoms with Crippen LogP contribution in [0.2, 0.25) is 0 Å². The van der Waals surface area contributed by atoms with Gasteiger partial charge in [-0.05, 0) is 385 Å². The van der Waals surface area contributed by atoms with E-state index in [2.05, 4.69) is 157 Å². The molecule has 17 heteroatoms. The first kappa shape index (κ1) is 83.7. The highest BCUT2D eigenvalue weighted by Gasteiger charge is 2.42. The first-order valence-corrected chi connectivity index (χ1v) is 45.8. The van der Waals surface area contributed by atoms with Crippen molar-refractivity contribution >= 4 is 21.8 Å². The Morgan fingerprint density at radius 3 is 0.597 bits per heavy atom. The van der Waals surface area contributed by atoms with Crippen molar-refractivity contribution in [3.8, 4) is 193 Å². The summed E-state index contributed by atoms with van der Waals surface area (Å²) in [4.78, 5) is 45.5. The molecular weight excluding hydrogens is 1660 g/mol. The number of nitrogens with zero attached hydrogens (tertiary/aromatic N) is 9. The van der Waals surface area contributed by atoms with Gasteiger partial charge in [0.2, 0.25) is 0 Å². The lowest BCUT2D eigenvalue weighted by molar-refractivity contribution is 0.546. The third-order valence-corrected chi connectivity index (χ3v) is 26.9. The van der Waals surface area contributed by atoms with Gasteiger partial charge in [0.1, 0.15) is 91.6 Å². The minimum absolute atomic E-state index is 0.314. The van der Waals surface area contributed by atoms with E-state index in [0.717, 1.165) is 247 Å². The molecule has 0 radical (unpaired) electrons. The van der Waals surface area contributed by atoms with Crippen molar-refractivity contribution < 1.29 is 35.3 Å². The van der Waals surface area contributed by atoms with Crippen LogP contribution in [-0.4, -0.2) is 44.4 Å². The molecular formula is C117H97N9O8. The van der Waals surface area contributed by atoms with Gasteiger partial charge in [0.25, 0.3) is 0 Å². The van der Waals surface area contributed by atoms with E-state index in [4.69, 9.17) is 75.2 Å². The summed E-state index contributed by atoms with van der Waals surface area (Å²) >= 11 is 0. The van der Waals surface area contributed by atoms with Crippen LogP contribution in [0.1, 0.15) is 127 Å². The average molecular weight is 1760 g/mol. The first-order valence-electron chi connectivity index (χ1n) is 45.8. The van der Waals surface area contributed by atoms with E-state index in [-0.39, 0.29) is 5.92 Å². The molecule has 1 aliphatic carbocycles. The molecule has 0 saturated carbocycles. The minimum atomic E-state index is -0.314. The predicted molar refractivity (Wildman–Crippen MR) is 530 cm³/mol. The Labute approximate surface area is 776 Å². The molecule has 4 aromatic carbocycles. The number of hydrogen-bond donors (Lipinski definition) is 0. The summed E-state index contributed by atoms with van der Waals surface area (Å²) in [5.74, 6) is 11.4. The Morgan fingerprint density at radius 2 is 0.381 bits per heavy atom. The molecule has 0 unspecified atom stereocenters. The van der Waals surface area contributed by atoms with E-state index in [1.165, 1.54) is 0 Å². The van der Waals surface area contributed by atoms with Gasteiger partial charge in [-0.15, -0.1) is 0 Å². The fourth-order valence-corrected chi connectivity index (χ4v) is 21.1. The number of pyridine rings is 8. The molecule has 0 fully saturated rings. The molecule has 0 N–H and O–H groups in total. The van der Waals surface area contributed by atoms with Crippen LogP contribution in [0.25, 0.3) is 215 Å². The maximum absolute atomic E-state index is 6.50. The van der Waals surface area contributed by atoms with Crippen molar-refractivity contribution in [2.24, 2.45) is 0 Å². The second-order valence-corrected chi connectivity index (χ2v) is 35.8. The highest BCUT2D eigenvalue weighted by atomic mass is 16.4. The minimum Gasteiger partial charge on any atom is -0.460 e. The quantitative estimate of drug-likeness (QED) is 0.0612. The van der Waals surface area contributed by atoms with Crippen molar-refractivity contribution in [3.05, 3.63) is 344 Å². The Hall–Kier alpha value is -15.9. The fraction of sp³-hybridized carbons (Fsp3) is 0.179. The molecule has 22 rings (SSSR count). The molecule has 1 aliphatic rings. The normalized spacial score (nSPS) is 12.1. The summed E-state index contributed by atoms with van der Waals surface area (Å²) < 4.78 is 54.2. The van der Waals surface area contributed by atoms with Crippen LogP contribution in [0.4, 0.5) is 0 Å². The third kappa shape index (κ3) is 14.4. The summed E-state index contributed by atoms with van der Waals surface area (Å²) in [7, 11) is 0. The van der Waals surface area contributed by atoms with Gasteiger partial charge in [-0.1, -0.05) is 55.0 Å². The van der Waals surface area contributed by atoms with Gasteiger partial charge in [-0.25, -0.2) is 39.9 Å². The standard InChI is InChI=1S/C117H97N9O8/c1-61-44-52-94(127-61)78-28-19-36-86(118-78)102-69(9)106(90-40-23-32-82(122-90)98-56-48-65(5)131-98)114-77(115-107(91-41-24-33-83(123-91)99-57-49-66(6)132-99)70(10)103(74(14)111(115)110(114)73(102)13)87-37-20-29-79(119-87)95-53-45-62(2)128-95)27-17-18-60-126-116-108(92-42-25-34-84(124-92)100-58-50-67(7)133-100)71(11)104(88-38-21-30-80(120-88)96-54-46-63(3)129-96)75(15)112(116)113-76(16)105(89-39-22-31-81(121-89)97-55-47-64(4)130-97)72(12)109(117(113)126)93-43-26-35-85(125-93)101-59-51-68(8)134-101/h19-26,28-59,77H,17-18,27,60H2,1-16H3. The zero-order valence-corrected chi connectivity index (χ0v) is 77.8. The summed E-state index contributed by atoms with van der Waals surface area (Å²) in [5.41, 5.74) is 34.7. The Morgan fingerprint density at radius 1 is 0.194 bits per heavy atom. The van der Waals surface area contributed by atoms with E-state index in [0.29, 0.717) is 94.7 Å². The van der Waals surface area contributed by atoms with Crippen LogP contribution in [0.5, 0.6) is 0 Å². The number of rotatable bonds is 21. The van der Waals surface area contributed by atoms with Crippen LogP contribution < -0.4 is 0 Å². The van der Waals surface area contributed by atoms with Gasteiger partial charge in [-0.2, -0.15) is 0 Å². The summed E-state index contributed by atoms with van der Waals surface area (Å²) in [6.45, 7) is 34.5. The molecule has 0 saturated heterocycles. The van der Waals surface area contributed by atoms with Gasteiger partial charge >= 0.3 is 0 Å². The molecule has 0 spiro atoms. The summed E-state index contributed by atoms with van der Waals surface area (Å²) in [6.07, 6.45) is 2.05. The second kappa shape index (κ2) is 33.2. The molecule has 0 aliphatic heterocycles. The molecule has 134 heavy (non-hydrogen) atoms. The lowest BCUT2D eigenvalue weighted by Crippen LogP contribution is -2.08. The zero-order valence-electron chi connectivity index (χ0n) is 77.8. The van der Waals surface area contributed by atoms with Crippen LogP contribution >= 0.6 is 0 Å². The van der Waals surface area contributed by atoms with Crippen molar-refractivity contribution in [3.63, 3.8) is 0 Å². The number of benzene rings is 4. The van der Waals surface area contributed by atoms with Crippen LogP contribution in [0, 0.1) is 111 Å². The fourth-order valence-electron chi connectivity index (χ4n) is 21.1. The molecule has 658 valence electrons. The maximum Gasteiger partial charge on any atom is 0.152 e. The second-order valence-electron chi connectivity index (χ2n) is 35.8.